The molecule has 0 saturated carbocycles. The van der Waals surface area contributed by atoms with Crippen molar-refractivity contribution in [2.24, 2.45) is 0 Å². The van der Waals surface area contributed by atoms with Crippen molar-refractivity contribution in [1.29, 1.82) is 5.26 Å². The molecule has 0 spiro atoms. The zero-order valence-corrected chi connectivity index (χ0v) is 6.48. The van der Waals surface area contributed by atoms with Gasteiger partial charge in [-0.2, -0.15) is 5.26 Å². The Morgan fingerprint density at radius 1 is 1.75 bits per heavy atom. The lowest BCUT2D eigenvalue weighted by atomic mass is 10.3. The molecule has 58 valence electrons. The molecule has 0 aromatic carbocycles. The van der Waals surface area contributed by atoms with E-state index in [2.05, 4.69) is 4.85 Å². The average Bonchev–Trinajstić information content (AvgIpc) is 2.16. The van der Waals surface area contributed by atoms with Crippen LogP contribution in [0, 0.1) is 17.9 Å². The van der Waals surface area contributed by atoms with Crippen LogP contribution in [0.3, 0.4) is 0 Å². The van der Waals surface area contributed by atoms with Crippen LogP contribution in [-0.2, 0) is 0 Å². The van der Waals surface area contributed by atoms with Crippen molar-refractivity contribution in [2.45, 2.75) is 0 Å². The summed E-state index contributed by atoms with van der Waals surface area (Å²) in [6.07, 6.45) is 1.53. The summed E-state index contributed by atoms with van der Waals surface area (Å²) in [7, 11) is 1.46. The Hall–Kier alpha value is -2.07. The van der Waals surface area contributed by atoms with Crippen LogP contribution in [0.4, 0.5) is 5.69 Å². The van der Waals surface area contributed by atoms with Crippen LogP contribution in [0.15, 0.2) is 18.3 Å². The smallest absolute Gasteiger partial charge is 0.273 e. The number of rotatable bonds is 1. The molecule has 1 aromatic heterocycles. The highest BCUT2D eigenvalue weighted by molar-refractivity contribution is 5.44. The maximum atomic E-state index is 8.62. The first-order chi connectivity index (χ1) is 5.81. The Bertz CT molecular complexity index is 373. The van der Waals surface area contributed by atoms with Gasteiger partial charge in [-0.3, -0.25) is 4.84 Å². The number of aromatic nitrogens is 1. The van der Waals surface area contributed by atoms with E-state index in [1.54, 1.807) is 6.07 Å². The predicted octanol–water partition coefficient (Wildman–Crippen LogP) is 0.455. The van der Waals surface area contributed by atoms with Crippen LogP contribution in [0.2, 0.25) is 0 Å². The van der Waals surface area contributed by atoms with Gasteiger partial charge in [0.05, 0.1) is 6.57 Å². The third-order valence-corrected chi connectivity index (χ3v) is 1.34. The molecule has 1 aromatic rings. The third kappa shape index (κ3) is 1.33. The molecule has 1 rings (SSSR count). The molecule has 0 saturated heterocycles. The molecule has 0 radical (unpaired) electrons. The van der Waals surface area contributed by atoms with Gasteiger partial charge in [-0.25, -0.2) is 4.85 Å². The van der Waals surface area contributed by atoms with E-state index in [9.17, 15) is 0 Å². The van der Waals surface area contributed by atoms with Crippen molar-refractivity contribution in [1.82, 2.24) is 0 Å². The summed E-state index contributed by atoms with van der Waals surface area (Å²) in [5.74, 6) is 0. The maximum absolute atomic E-state index is 8.62. The Morgan fingerprint density at radius 2 is 2.50 bits per heavy atom. The third-order valence-electron chi connectivity index (χ3n) is 1.34. The molecule has 12 heavy (non-hydrogen) atoms. The molecule has 0 aliphatic rings. The molecule has 0 aliphatic carbocycles. The van der Waals surface area contributed by atoms with E-state index in [4.69, 9.17) is 16.7 Å². The quantitative estimate of drug-likeness (QED) is 0.442. The standard InChI is InChI=1S/C8H6N3O/c1-10-7-3-4-11(12-2)8(5-7)6-9/h3-5H,2H3/q+1. The number of nitriles is 1. The molecule has 0 bridgehead atoms. The van der Waals surface area contributed by atoms with Crippen molar-refractivity contribution >= 4 is 5.69 Å². The Kier molecular flexibility index (Phi) is 2.25. The van der Waals surface area contributed by atoms with Gasteiger partial charge in [-0.05, 0) is 0 Å². The topological polar surface area (TPSA) is 41.3 Å². The summed E-state index contributed by atoms with van der Waals surface area (Å²) >= 11 is 0. The predicted molar refractivity (Wildman–Crippen MR) is 40.1 cm³/mol. The first-order valence-corrected chi connectivity index (χ1v) is 3.19. The second kappa shape index (κ2) is 3.36. The van der Waals surface area contributed by atoms with Gasteiger partial charge >= 0.3 is 5.69 Å². The van der Waals surface area contributed by atoms with E-state index in [1.807, 2.05) is 6.07 Å². The lowest BCUT2D eigenvalue weighted by Gasteiger charge is -1.92. The second-order valence-corrected chi connectivity index (χ2v) is 2.00. The lowest BCUT2D eigenvalue weighted by Crippen LogP contribution is -2.43. The molecule has 0 unspecified atom stereocenters. The van der Waals surface area contributed by atoms with Crippen LogP contribution in [0.5, 0.6) is 0 Å². The zero-order valence-electron chi connectivity index (χ0n) is 6.48. The summed E-state index contributed by atoms with van der Waals surface area (Å²) in [5, 5.41) is 8.62. The van der Waals surface area contributed by atoms with Crippen molar-refractivity contribution in [3.63, 3.8) is 0 Å². The molecular formula is C8H6N3O+. The maximum Gasteiger partial charge on any atom is 0.323 e. The van der Waals surface area contributed by atoms with Gasteiger partial charge < -0.3 is 0 Å². The highest BCUT2D eigenvalue weighted by Crippen LogP contribution is 2.08. The fraction of sp³-hybridized carbons (Fsp3) is 0.125. The van der Waals surface area contributed by atoms with Crippen LogP contribution in [0.1, 0.15) is 5.69 Å². The van der Waals surface area contributed by atoms with E-state index in [0.717, 1.165) is 0 Å². The fourth-order valence-corrected chi connectivity index (χ4v) is 0.786. The lowest BCUT2D eigenvalue weighted by molar-refractivity contribution is -0.887. The first kappa shape index (κ1) is 8.03. The Morgan fingerprint density at radius 3 is 3.00 bits per heavy atom. The minimum Gasteiger partial charge on any atom is -0.273 e. The Labute approximate surface area is 70.0 Å². The molecular weight excluding hydrogens is 154 g/mol. The first-order valence-electron chi connectivity index (χ1n) is 3.19. The highest BCUT2D eigenvalue weighted by atomic mass is 16.6. The van der Waals surface area contributed by atoms with E-state index < -0.39 is 0 Å². The zero-order chi connectivity index (χ0) is 8.97. The minimum absolute atomic E-state index is 0.311. The van der Waals surface area contributed by atoms with Crippen LogP contribution < -0.4 is 9.57 Å². The molecule has 0 atom stereocenters. The number of nitrogens with zero attached hydrogens (tertiary/aromatic N) is 3. The van der Waals surface area contributed by atoms with Gasteiger partial charge in [-0.1, -0.05) is 0 Å². The van der Waals surface area contributed by atoms with Crippen molar-refractivity contribution in [2.75, 3.05) is 7.11 Å². The molecule has 0 amide bonds. The van der Waals surface area contributed by atoms with Gasteiger partial charge in [0.25, 0.3) is 0 Å². The monoisotopic (exact) mass is 160 g/mol. The fourth-order valence-electron chi connectivity index (χ4n) is 0.786. The number of hydrogen-bond acceptors (Lipinski definition) is 2. The van der Waals surface area contributed by atoms with Crippen LogP contribution >= 0.6 is 0 Å². The van der Waals surface area contributed by atoms with Crippen molar-refractivity contribution in [3.8, 4) is 6.07 Å². The van der Waals surface area contributed by atoms with Gasteiger partial charge in [-0.15, -0.1) is 0 Å². The largest absolute Gasteiger partial charge is 0.323 e. The summed E-state index contributed by atoms with van der Waals surface area (Å²) in [6.45, 7) is 6.71. The van der Waals surface area contributed by atoms with Gasteiger partial charge in [0.1, 0.15) is 7.11 Å². The average molecular weight is 160 g/mol. The summed E-state index contributed by atoms with van der Waals surface area (Å²) in [6, 6.07) is 4.97. The molecule has 4 nitrogen and oxygen atoms in total. The highest BCUT2D eigenvalue weighted by Gasteiger charge is 2.10. The van der Waals surface area contributed by atoms with E-state index in [0.29, 0.717) is 11.4 Å². The molecule has 0 N–H and O–H groups in total. The molecule has 1 heterocycles. The summed E-state index contributed by atoms with van der Waals surface area (Å²) in [5.41, 5.74) is 0.742. The van der Waals surface area contributed by atoms with Crippen LogP contribution in [-0.4, -0.2) is 7.11 Å². The van der Waals surface area contributed by atoms with E-state index in [-0.39, 0.29) is 0 Å². The van der Waals surface area contributed by atoms with Crippen molar-refractivity contribution < 1.29 is 9.57 Å². The van der Waals surface area contributed by atoms with E-state index in [1.165, 1.54) is 24.1 Å². The Balaban J connectivity index is 3.24. The summed E-state index contributed by atoms with van der Waals surface area (Å²) in [4.78, 5) is 8.01. The SMILES string of the molecule is [C-]#[N+]c1cc[n+](OC)c(C#N)c1. The molecule has 4 heteroatoms. The van der Waals surface area contributed by atoms with E-state index >= 15 is 0 Å². The second-order valence-electron chi connectivity index (χ2n) is 2.00. The van der Waals surface area contributed by atoms with Crippen molar-refractivity contribution in [3.05, 3.63) is 35.4 Å². The normalized spacial score (nSPS) is 8.25. The molecule has 0 fully saturated rings. The summed E-state index contributed by atoms with van der Waals surface area (Å²) < 4.78 is 1.30. The molecule has 0 aliphatic heterocycles. The van der Waals surface area contributed by atoms with Crippen LogP contribution in [0.25, 0.3) is 4.85 Å². The van der Waals surface area contributed by atoms with Gasteiger partial charge in [0, 0.05) is 16.9 Å². The minimum atomic E-state index is 0.311. The van der Waals surface area contributed by atoms with Gasteiger partial charge in [0.15, 0.2) is 6.07 Å². The number of hydrogen-bond donors (Lipinski definition) is 0. The number of pyridine rings is 1. The van der Waals surface area contributed by atoms with Gasteiger partial charge in [0.2, 0.25) is 11.9 Å².